The van der Waals surface area contributed by atoms with Crippen LogP contribution < -0.4 is 10.2 Å². The van der Waals surface area contributed by atoms with Gasteiger partial charge in [0, 0.05) is 35.6 Å². The molecule has 0 spiro atoms. The summed E-state index contributed by atoms with van der Waals surface area (Å²) in [6.07, 6.45) is 4.02. The fraction of sp³-hybridized carbons (Fsp3) is 0.222. The molecule has 1 aliphatic heterocycles. The molecule has 0 aromatic heterocycles. The van der Waals surface area contributed by atoms with Crippen LogP contribution in [0.5, 0.6) is 0 Å². The van der Waals surface area contributed by atoms with Crippen LogP contribution in [0.4, 0.5) is 17.1 Å². The lowest BCUT2D eigenvalue weighted by molar-refractivity contribution is -0.384. The predicted molar refractivity (Wildman–Crippen MR) is 132 cm³/mol. The topological polar surface area (TPSA) is 75.5 Å². The van der Waals surface area contributed by atoms with Gasteiger partial charge in [-0.15, -0.1) is 0 Å². The maximum Gasteiger partial charge on any atom is 0.269 e. The lowest BCUT2D eigenvalue weighted by Crippen LogP contribution is -2.43. The van der Waals surface area contributed by atoms with Crippen LogP contribution in [-0.2, 0) is 4.79 Å². The molecule has 1 aliphatic rings. The van der Waals surface area contributed by atoms with Crippen molar-refractivity contribution in [3.63, 3.8) is 0 Å². The van der Waals surface area contributed by atoms with Crippen molar-refractivity contribution in [1.29, 1.82) is 0 Å². The fourth-order valence-corrected chi connectivity index (χ4v) is 4.25. The molecule has 33 heavy (non-hydrogen) atoms. The molecule has 3 aromatic rings. The Hall–Kier alpha value is -3.93. The molecule has 6 nitrogen and oxygen atoms in total. The van der Waals surface area contributed by atoms with E-state index in [2.05, 4.69) is 61.6 Å². The molecule has 0 radical (unpaired) electrons. The first-order chi connectivity index (χ1) is 15.8. The first kappa shape index (κ1) is 22.3. The number of nitrogens with one attached hydrogen (secondary N) is 1. The van der Waals surface area contributed by atoms with Gasteiger partial charge in [0.05, 0.1) is 11.0 Å². The smallest absolute Gasteiger partial charge is 0.269 e. The van der Waals surface area contributed by atoms with Crippen LogP contribution in [0.1, 0.15) is 41.6 Å². The molecule has 1 amide bonds. The molecule has 0 saturated heterocycles. The van der Waals surface area contributed by atoms with Crippen molar-refractivity contribution in [2.75, 3.05) is 10.2 Å². The van der Waals surface area contributed by atoms with Crippen LogP contribution in [0.15, 0.2) is 72.8 Å². The maximum absolute atomic E-state index is 13.2. The van der Waals surface area contributed by atoms with Crippen LogP contribution in [-0.4, -0.2) is 16.9 Å². The van der Waals surface area contributed by atoms with Gasteiger partial charge in [0.25, 0.3) is 11.6 Å². The Labute approximate surface area is 193 Å². The average molecular weight is 442 g/mol. The Bertz CT molecular complexity index is 1200. The van der Waals surface area contributed by atoms with Gasteiger partial charge in [0.15, 0.2) is 0 Å². The molecular formula is C27H27N3O3. The van der Waals surface area contributed by atoms with Crippen LogP contribution in [0.3, 0.4) is 0 Å². The molecule has 168 valence electrons. The number of amides is 1. The Morgan fingerprint density at radius 3 is 2.36 bits per heavy atom. The summed E-state index contributed by atoms with van der Waals surface area (Å²) < 4.78 is 0. The molecule has 6 heteroatoms. The SMILES string of the molecule is Cc1ccc(NC2CC(C)N(C(=O)C=Cc3ccc([N+](=O)[O-])cc3)c3cc(C)ccc32)cc1. The van der Waals surface area contributed by atoms with E-state index >= 15 is 0 Å². The molecule has 0 aliphatic carbocycles. The summed E-state index contributed by atoms with van der Waals surface area (Å²) in [5.41, 5.74) is 6.14. The van der Waals surface area contributed by atoms with Gasteiger partial charge in [-0.2, -0.15) is 0 Å². The van der Waals surface area contributed by atoms with Gasteiger partial charge < -0.3 is 10.2 Å². The molecular weight excluding hydrogens is 414 g/mol. The van der Waals surface area contributed by atoms with E-state index in [0.29, 0.717) is 0 Å². The van der Waals surface area contributed by atoms with Crippen LogP contribution in [0.25, 0.3) is 6.08 Å². The van der Waals surface area contributed by atoms with Gasteiger partial charge in [-0.05, 0) is 80.3 Å². The van der Waals surface area contributed by atoms with Crippen molar-refractivity contribution < 1.29 is 9.72 Å². The van der Waals surface area contributed by atoms with Crippen molar-refractivity contribution in [3.05, 3.63) is 105 Å². The van der Waals surface area contributed by atoms with E-state index in [4.69, 9.17) is 0 Å². The van der Waals surface area contributed by atoms with Gasteiger partial charge in [-0.25, -0.2) is 0 Å². The van der Waals surface area contributed by atoms with Crippen LogP contribution >= 0.6 is 0 Å². The highest BCUT2D eigenvalue weighted by atomic mass is 16.6. The molecule has 0 bridgehead atoms. The zero-order valence-electron chi connectivity index (χ0n) is 19.0. The number of benzene rings is 3. The van der Waals surface area contributed by atoms with E-state index in [-0.39, 0.29) is 23.7 Å². The third-order valence-electron chi connectivity index (χ3n) is 5.99. The number of non-ortho nitro benzene ring substituents is 1. The van der Waals surface area contributed by atoms with Gasteiger partial charge in [0.2, 0.25) is 0 Å². The lowest BCUT2D eigenvalue weighted by atomic mass is 9.90. The minimum Gasteiger partial charge on any atom is -0.378 e. The summed E-state index contributed by atoms with van der Waals surface area (Å²) in [6.45, 7) is 6.16. The molecule has 2 unspecified atom stereocenters. The molecule has 3 aromatic carbocycles. The number of rotatable bonds is 5. The number of aryl methyl sites for hydroxylation is 2. The fourth-order valence-electron chi connectivity index (χ4n) is 4.25. The Kier molecular flexibility index (Phi) is 6.27. The third-order valence-corrected chi connectivity index (χ3v) is 5.99. The van der Waals surface area contributed by atoms with E-state index in [9.17, 15) is 14.9 Å². The summed E-state index contributed by atoms with van der Waals surface area (Å²) in [6, 6.07) is 20.8. The molecule has 1 heterocycles. The molecule has 0 saturated carbocycles. The number of nitrogens with zero attached hydrogens (tertiary/aromatic N) is 2. The Morgan fingerprint density at radius 1 is 1.03 bits per heavy atom. The predicted octanol–water partition coefficient (Wildman–Crippen LogP) is 6.20. The second kappa shape index (κ2) is 9.28. The van der Waals surface area contributed by atoms with Gasteiger partial charge in [0.1, 0.15) is 0 Å². The Balaban J connectivity index is 1.59. The molecule has 2 atom stereocenters. The number of carbonyl (C=O) groups is 1. The van der Waals surface area contributed by atoms with E-state index in [1.807, 2.05) is 11.8 Å². The van der Waals surface area contributed by atoms with Crippen molar-refractivity contribution >= 4 is 29.0 Å². The van der Waals surface area contributed by atoms with Gasteiger partial charge in [-0.3, -0.25) is 14.9 Å². The van der Waals surface area contributed by atoms with Crippen LogP contribution in [0.2, 0.25) is 0 Å². The minimum absolute atomic E-state index is 0.00346. The third kappa shape index (κ3) is 4.95. The largest absolute Gasteiger partial charge is 0.378 e. The maximum atomic E-state index is 13.2. The first-order valence-electron chi connectivity index (χ1n) is 11.0. The van der Waals surface area contributed by atoms with Crippen molar-refractivity contribution in [3.8, 4) is 0 Å². The van der Waals surface area contributed by atoms with E-state index in [1.54, 1.807) is 18.2 Å². The summed E-state index contributed by atoms with van der Waals surface area (Å²) in [7, 11) is 0. The number of hydrogen-bond donors (Lipinski definition) is 1. The Morgan fingerprint density at radius 2 is 1.70 bits per heavy atom. The number of nitro groups is 1. The summed E-state index contributed by atoms with van der Waals surface area (Å²) in [5, 5.41) is 14.5. The number of nitro benzene ring substituents is 1. The highest BCUT2D eigenvalue weighted by Gasteiger charge is 2.33. The van der Waals surface area contributed by atoms with Crippen LogP contribution in [0, 0.1) is 24.0 Å². The van der Waals surface area contributed by atoms with E-state index in [1.165, 1.54) is 23.8 Å². The lowest BCUT2D eigenvalue weighted by Gasteiger charge is -2.39. The first-order valence-corrected chi connectivity index (χ1v) is 11.0. The van der Waals surface area contributed by atoms with Gasteiger partial charge in [-0.1, -0.05) is 29.8 Å². The minimum atomic E-state index is -0.436. The zero-order valence-corrected chi connectivity index (χ0v) is 19.0. The summed E-state index contributed by atoms with van der Waals surface area (Å²) >= 11 is 0. The average Bonchev–Trinajstić information content (AvgIpc) is 2.79. The quantitative estimate of drug-likeness (QED) is 0.290. The molecule has 1 N–H and O–H groups in total. The summed E-state index contributed by atoms with van der Waals surface area (Å²) in [4.78, 5) is 25.5. The number of hydrogen-bond acceptors (Lipinski definition) is 4. The van der Waals surface area contributed by atoms with Crippen molar-refractivity contribution in [2.24, 2.45) is 0 Å². The number of fused-ring (bicyclic) bond motifs is 1. The highest BCUT2D eigenvalue weighted by Crippen LogP contribution is 2.39. The molecule has 4 rings (SSSR count). The van der Waals surface area contributed by atoms with Crippen molar-refractivity contribution in [1.82, 2.24) is 0 Å². The second-order valence-electron chi connectivity index (χ2n) is 8.60. The monoisotopic (exact) mass is 441 g/mol. The number of anilines is 2. The van der Waals surface area contributed by atoms with Gasteiger partial charge >= 0.3 is 0 Å². The second-order valence-corrected chi connectivity index (χ2v) is 8.60. The zero-order chi connectivity index (χ0) is 23.5. The number of carbonyl (C=O) groups excluding carboxylic acids is 1. The normalized spacial score (nSPS) is 17.6. The molecule has 0 fully saturated rings. The highest BCUT2D eigenvalue weighted by molar-refractivity contribution is 6.05. The van der Waals surface area contributed by atoms with E-state index < -0.39 is 4.92 Å². The standard InChI is InChI=1S/C27H27N3O3/c1-18-4-10-22(11-5-18)28-25-17-20(3)29(26-16-19(2)6-14-24(25)26)27(31)15-9-21-7-12-23(13-8-21)30(32)33/h4-16,20,25,28H,17H2,1-3H3. The van der Waals surface area contributed by atoms with Crippen molar-refractivity contribution in [2.45, 2.75) is 39.3 Å². The summed E-state index contributed by atoms with van der Waals surface area (Å²) in [5.74, 6) is -0.110. The van der Waals surface area contributed by atoms with E-state index in [0.717, 1.165) is 34.5 Å².